The van der Waals surface area contributed by atoms with E-state index in [1.807, 2.05) is 11.8 Å². The Morgan fingerprint density at radius 2 is 1.88 bits per heavy atom. The highest BCUT2D eigenvalue weighted by atomic mass is 32.2. The largest absolute Gasteiger partial charge is 0.393 e. The number of aliphatic hydroxyl groups excluding tert-OH is 1. The number of piperidine rings is 1. The second kappa shape index (κ2) is 6.28. The van der Waals surface area contributed by atoms with E-state index < -0.39 is 0 Å². The fraction of sp³-hybridized carbons (Fsp3) is 0.538. The van der Waals surface area contributed by atoms with Crippen LogP contribution in [0.5, 0.6) is 0 Å². The van der Waals surface area contributed by atoms with Crippen LogP contribution in [0.2, 0.25) is 0 Å². The Hall–Kier alpha value is -0.510. The third-order valence-electron chi connectivity index (χ3n) is 2.98. The number of benzene rings is 1. The number of thioether (sulfide) groups is 1. The first-order chi connectivity index (χ1) is 7.84. The van der Waals surface area contributed by atoms with Gasteiger partial charge in [0.05, 0.1) is 6.10 Å². The van der Waals surface area contributed by atoms with Gasteiger partial charge in [-0.2, -0.15) is 0 Å². The van der Waals surface area contributed by atoms with Gasteiger partial charge in [-0.3, -0.25) is 0 Å². The van der Waals surface area contributed by atoms with E-state index in [9.17, 15) is 5.11 Å². The Morgan fingerprint density at radius 1 is 1.19 bits per heavy atom. The Kier molecular flexibility index (Phi) is 4.69. The van der Waals surface area contributed by atoms with Crippen LogP contribution in [0, 0.1) is 0 Å². The third kappa shape index (κ3) is 3.81. The van der Waals surface area contributed by atoms with E-state index in [0.29, 0.717) is 0 Å². The van der Waals surface area contributed by atoms with Crippen molar-refractivity contribution in [3.63, 3.8) is 0 Å². The molecule has 0 spiro atoms. The van der Waals surface area contributed by atoms with Crippen molar-refractivity contribution in [2.45, 2.75) is 23.8 Å². The summed E-state index contributed by atoms with van der Waals surface area (Å²) in [5.74, 6) is 1.14. The van der Waals surface area contributed by atoms with Crippen LogP contribution in [0.15, 0.2) is 35.2 Å². The van der Waals surface area contributed by atoms with Gasteiger partial charge in [-0.1, -0.05) is 18.2 Å². The van der Waals surface area contributed by atoms with Gasteiger partial charge in [0.15, 0.2) is 0 Å². The second-order valence-corrected chi connectivity index (χ2v) is 5.40. The molecule has 1 aromatic rings. The first-order valence-corrected chi connectivity index (χ1v) is 6.91. The summed E-state index contributed by atoms with van der Waals surface area (Å²) in [6, 6.07) is 10.5. The fourth-order valence-corrected chi connectivity index (χ4v) is 2.89. The summed E-state index contributed by atoms with van der Waals surface area (Å²) in [6.07, 6.45) is 1.82. The minimum atomic E-state index is -0.0574. The Balaban J connectivity index is 1.65. The predicted octanol–water partition coefficient (Wildman–Crippen LogP) is 2.24. The molecule has 1 aromatic carbocycles. The average molecular weight is 237 g/mol. The van der Waals surface area contributed by atoms with Crippen LogP contribution >= 0.6 is 11.8 Å². The maximum absolute atomic E-state index is 9.40. The first kappa shape index (κ1) is 12.0. The molecule has 0 atom stereocenters. The van der Waals surface area contributed by atoms with Gasteiger partial charge in [0.2, 0.25) is 0 Å². The van der Waals surface area contributed by atoms with Gasteiger partial charge in [-0.05, 0) is 25.0 Å². The van der Waals surface area contributed by atoms with E-state index in [4.69, 9.17) is 0 Å². The fourth-order valence-electron chi connectivity index (χ4n) is 1.95. The molecular formula is C13H19NOS. The summed E-state index contributed by atoms with van der Waals surface area (Å²) in [4.78, 5) is 3.79. The molecule has 1 N–H and O–H groups in total. The zero-order valence-corrected chi connectivity index (χ0v) is 10.3. The van der Waals surface area contributed by atoms with Crippen LogP contribution in [0.3, 0.4) is 0 Å². The topological polar surface area (TPSA) is 23.5 Å². The zero-order chi connectivity index (χ0) is 11.2. The highest BCUT2D eigenvalue weighted by molar-refractivity contribution is 7.99. The Bertz CT molecular complexity index is 296. The standard InChI is InChI=1S/C13H19NOS/c15-12-6-8-14(9-7-12)10-11-16-13-4-2-1-3-5-13/h1-5,12,15H,6-11H2. The smallest absolute Gasteiger partial charge is 0.0564 e. The summed E-state index contributed by atoms with van der Waals surface area (Å²) in [6.45, 7) is 3.24. The van der Waals surface area contributed by atoms with Crippen LogP contribution in [-0.4, -0.2) is 41.5 Å². The molecule has 0 bridgehead atoms. The molecule has 0 aromatic heterocycles. The molecule has 3 heteroatoms. The van der Waals surface area contributed by atoms with Crippen molar-refractivity contribution in [3.8, 4) is 0 Å². The molecule has 1 saturated heterocycles. The molecule has 0 saturated carbocycles. The lowest BCUT2D eigenvalue weighted by Crippen LogP contribution is -2.37. The van der Waals surface area contributed by atoms with E-state index in [0.717, 1.165) is 38.2 Å². The van der Waals surface area contributed by atoms with Crippen molar-refractivity contribution < 1.29 is 5.11 Å². The van der Waals surface area contributed by atoms with Crippen molar-refractivity contribution in [3.05, 3.63) is 30.3 Å². The molecule has 0 amide bonds. The number of nitrogens with zero attached hydrogens (tertiary/aromatic N) is 1. The molecule has 1 aliphatic heterocycles. The van der Waals surface area contributed by atoms with Crippen molar-refractivity contribution in [2.75, 3.05) is 25.4 Å². The lowest BCUT2D eigenvalue weighted by molar-refractivity contribution is 0.0857. The van der Waals surface area contributed by atoms with Crippen LogP contribution in [-0.2, 0) is 0 Å². The maximum atomic E-state index is 9.40. The number of likely N-dealkylation sites (tertiary alicyclic amines) is 1. The van der Waals surface area contributed by atoms with Crippen LogP contribution in [0.1, 0.15) is 12.8 Å². The SMILES string of the molecule is OC1CCN(CCSc2ccccc2)CC1. The number of hydrogen-bond donors (Lipinski definition) is 1. The van der Waals surface area contributed by atoms with Crippen LogP contribution < -0.4 is 0 Å². The van der Waals surface area contributed by atoms with E-state index >= 15 is 0 Å². The molecule has 2 rings (SSSR count). The molecular weight excluding hydrogens is 218 g/mol. The molecule has 88 valence electrons. The summed E-state index contributed by atoms with van der Waals surface area (Å²) in [5.41, 5.74) is 0. The van der Waals surface area contributed by atoms with Gasteiger partial charge in [-0.15, -0.1) is 11.8 Å². The van der Waals surface area contributed by atoms with Gasteiger partial charge in [0, 0.05) is 30.3 Å². The van der Waals surface area contributed by atoms with E-state index in [-0.39, 0.29) is 6.10 Å². The lowest BCUT2D eigenvalue weighted by atomic mass is 10.1. The average Bonchev–Trinajstić information content (AvgIpc) is 2.33. The van der Waals surface area contributed by atoms with E-state index in [1.54, 1.807) is 0 Å². The molecule has 2 nitrogen and oxygen atoms in total. The highest BCUT2D eigenvalue weighted by Gasteiger charge is 2.15. The molecule has 1 heterocycles. The first-order valence-electron chi connectivity index (χ1n) is 5.93. The van der Waals surface area contributed by atoms with Crippen LogP contribution in [0.25, 0.3) is 0 Å². The van der Waals surface area contributed by atoms with Gasteiger partial charge in [0.1, 0.15) is 0 Å². The van der Waals surface area contributed by atoms with E-state index in [2.05, 4.69) is 35.2 Å². The molecule has 0 unspecified atom stereocenters. The van der Waals surface area contributed by atoms with Crippen LogP contribution in [0.4, 0.5) is 0 Å². The van der Waals surface area contributed by atoms with Gasteiger partial charge in [0.25, 0.3) is 0 Å². The summed E-state index contributed by atoms with van der Waals surface area (Å²) in [7, 11) is 0. The second-order valence-electron chi connectivity index (χ2n) is 4.23. The molecule has 0 aliphatic carbocycles. The number of rotatable bonds is 4. The minimum absolute atomic E-state index is 0.0574. The van der Waals surface area contributed by atoms with Crippen molar-refractivity contribution in [1.29, 1.82) is 0 Å². The van der Waals surface area contributed by atoms with E-state index in [1.165, 1.54) is 4.90 Å². The molecule has 1 aliphatic rings. The van der Waals surface area contributed by atoms with Crippen molar-refractivity contribution >= 4 is 11.8 Å². The monoisotopic (exact) mass is 237 g/mol. The summed E-state index contributed by atoms with van der Waals surface area (Å²) in [5, 5.41) is 9.40. The summed E-state index contributed by atoms with van der Waals surface area (Å²) >= 11 is 1.91. The highest BCUT2D eigenvalue weighted by Crippen LogP contribution is 2.18. The zero-order valence-electron chi connectivity index (χ0n) is 9.51. The Morgan fingerprint density at radius 3 is 2.56 bits per heavy atom. The van der Waals surface area contributed by atoms with Gasteiger partial charge >= 0.3 is 0 Å². The normalized spacial score (nSPS) is 18.8. The predicted molar refractivity (Wildman–Crippen MR) is 68.8 cm³/mol. The molecule has 1 fully saturated rings. The molecule has 0 radical (unpaired) electrons. The quantitative estimate of drug-likeness (QED) is 0.812. The summed E-state index contributed by atoms with van der Waals surface area (Å²) < 4.78 is 0. The van der Waals surface area contributed by atoms with Crippen molar-refractivity contribution in [1.82, 2.24) is 4.90 Å². The lowest BCUT2D eigenvalue weighted by Gasteiger charge is -2.29. The minimum Gasteiger partial charge on any atom is -0.393 e. The van der Waals surface area contributed by atoms with Gasteiger partial charge < -0.3 is 10.0 Å². The third-order valence-corrected chi connectivity index (χ3v) is 3.97. The number of hydrogen-bond acceptors (Lipinski definition) is 3. The van der Waals surface area contributed by atoms with Gasteiger partial charge in [-0.25, -0.2) is 0 Å². The Labute approximate surface area is 102 Å². The van der Waals surface area contributed by atoms with Crippen molar-refractivity contribution in [2.24, 2.45) is 0 Å². The maximum Gasteiger partial charge on any atom is 0.0564 e. The number of aliphatic hydroxyl groups is 1. The molecule has 16 heavy (non-hydrogen) atoms.